The van der Waals surface area contributed by atoms with Crippen molar-refractivity contribution in [2.75, 3.05) is 10.6 Å². The van der Waals surface area contributed by atoms with E-state index in [0.717, 1.165) is 28.8 Å². The van der Waals surface area contributed by atoms with Gasteiger partial charge in [-0.1, -0.05) is 31.2 Å². The Hall–Kier alpha value is -3.28. The molecule has 6 heteroatoms. The number of rotatable bonds is 6. The van der Waals surface area contributed by atoms with Crippen molar-refractivity contribution < 1.29 is 4.79 Å². The summed E-state index contributed by atoms with van der Waals surface area (Å²) >= 11 is 0. The molecule has 0 fully saturated rings. The fourth-order valence-electron chi connectivity index (χ4n) is 2.61. The van der Waals surface area contributed by atoms with Gasteiger partial charge in [-0.25, -0.2) is 9.97 Å². The molecule has 26 heavy (non-hydrogen) atoms. The standard InChI is InChI=1S/C20H21N5O/c1-3-16-8-4-6-14(2)18(16)25-19(26)17-12-23-20(24-13-17)22-11-15-7-5-9-21-10-15/h4-10,12-13H,3,11H2,1-2H3,(H,25,26)(H,22,23,24). The van der Waals surface area contributed by atoms with Crippen molar-refractivity contribution in [3.63, 3.8) is 0 Å². The maximum Gasteiger partial charge on any atom is 0.258 e. The number of amides is 1. The molecule has 0 saturated heterocycles. The zero-order chi connectivity index (χ0) is 18.4. The van der Waals surface area contributed by atoms with E-state index in [1.807, 2.05) is 37.3 Å². The first-order valence-corrected chi connectivity index (χ1v) is 8.52. The van der Waals surface area contributed by atoms with Crippen LogP contribution >= 0.6 is 0 Å². The molecule has 2 aromatic heterocycles. The van der Waals surface area contributed by atoms with Gasteiger partial charge in [0.15, 0.2) is 0 Å². The Balaban J connectivity index is 1.66. The monoisotopic (exact) mass is 347 g/mol. The van der Waals surface area contributed by atoms with Crippen LogP contribution in [0.25, 0.3) is 0 Å². The van der Waals surface area contributed by atoms with Gasteiger partial charge >= 0.3 is 0 Å². The molecular formula is C20H21N5O. The number of carbonyl (C=O) groups excluding carboxylic acids is 1. The van der Waals surface area contributed by atoms with Crippen molar-refractivity contribution in [2.24, 2.45) is 0 Å². The average Bonchev–Trinajstić information content (AvgIpc) is 2.69. The van der Waals surface area contributed by atoms with E-state index in [1.165, 1.54) is 12.4 Å². The quantitative estimate of drug-likeness (QED) is 0.712. The maximum absolute atomic E-state index is 12.5. The first-order valence-electron chi connectivity index (χ1n) is 8.52. The van der Waals surface area contributed by atoms with E-state index in [9.17, 15) is 4.79 Å². The van der Waals surface area contributed by atoms with Crippen LogP contribution < -0.4 is 10.6 Å². The highest BCUT2D eigenvalue weighted by Gasteiger charge is 2.11. The molecule has 3 rings (SSSR count). The Kier molecular flexibility index (Phi) is 5.53. The Morgan fingerprint density at radius 3 is 2.58 bits per heavy atom. The summed E-state index contributed by atoms with van der Waals surface area (Å²) in [4.78, 5) is 25.0. The van der Waals surface area contributed by atoms with Crippen molar-refractivity contribution in [2.45, 2.75) is 26.8 Å². The van der Waals surface area contributed by atoms with E-state index in [1.54, 1.807) is 12.4 Å². The lowest BCUT2D eigenvalue weighted by molar-refractivity contribution is 0.102. The molecular weight excluding hydrogens is 326 g/mol. The van der Waals surface area contributed by atoms with E-state index >= 15 is 0 Å². The summed E-state index contributed by atoms with van der Waals surface area (Å²) in [7, 11) is 0. The summed E-state index contributed by atoms with van der Waals surface area (Å²) in [5, 5.41) is 6.09. The molecule has 0 saturated carbocycles. The van der Waals surface area contributed by atoms with Crippen LogP contribution in [0.1, 0.15) is 34.0 Å². The first-order chi connectivity index (χ1) is 12.7. The minimum absolute atomic E-state index is 0.215. The fourth-order valence-corrected chi connectivity index (χ4v) is 2.61. The van der Waals surface area contributed by atoms with Gasteiger partial charge in [-0.15, -0.1) is 0 Å². The number of nitrogens with one attached hydrogen (secondary N) is 2. The Morgan fingerprint density at radius 1 is 1.08 bits per heavy atom. The molecule has 1 amide bonds. The summed E-state index contributed by atoms with van der Waals surface area (Å²) < 4.78 is 0. The summed E-state index contributed by atoms with van der Waals surface area (Å²) in [5.74, 6) is 0.253. The Morgan fingerprint density at radius 2 is 1.88 bits per heavy atom. The van der Waals surface area contributed by atoms with Crippen molar-refractivity contribution in [1.82, 2.24) is 15.0 Å². The molecule has 0 radical (unpaired) electrons. The van der Waals surface area contributed by atoms with Crippen molar-refractivity contribution in [3.8, 4) is 0 Å². The number of nitrogens with zero attached hydrogens (tertiary/aromatic N) is 3. The van der Waals surface area contributed by atoms with Gasteiger partial charge in [0.2, 0.25) is 5.95 Å². The molecule has 0 aliphatic heterocycles. The number of carbonyl (C=O) groups is 1. The van der Waals surface area contributed by atoms with Crippen molar-refractivity contribution in [1.29, 1.82) is 0 Å². The largest absolute Gasteiger partial charge is 0.350 e. The second-order valence-corrected chi connectivity index (χ2v) is 5.93. The highest BCUT2D eigenvalue weighted by molar-refractivity contribution is 6.04. The van der Waals surface area contributed by atoms with Gasteiger partial charge in [-0.3, -0.25) is 9.78 Å². The number of anilines is 2. The van der Waals surface area contributed by atoms with Gasteiger partial charge in [-0.2, -0.15) is 0 Å². The second-order valence-electron chi connectivity index (χ2n) is 5.93. The number of hydrogen-bond donors (Lipinski definition) is 2. The molecule has 132 valence electrons. The first kappa shape index (κ1) is 17.5. The minimum Gasteiger partial charge on any atom is -0.350 e. The van der Waals surface area contributed by atoms with Crippen LogP contribution in [-0.2, 0) is 13.0 Å². The maximum atomic E-state index is 12.5. The molecule has 1 aromatic carbocycles. The van der Waals surface area contributed by atoms with E-state index in [0.29, 0.717) is 18.1 Å². The normalized spacial score (nSPS) is 10.4. The number of para-hydroxylation sites is 1. The number of aromatic nitrogens is 3. The number of benzene rings is 1. The van der Waals surface area contributed by atoms with E-state index in [-0.39, 0.29) is 5.91 Å². The summed E-state index contributed by atoms with van der Waals surface area (Å²) in [6, 6.07) is 9.84. The van der Waals surface area contributed by atoms with Gasteiger partial charge in [0.25, 0.3) is 5.91 Å². The predicted octanol–water partition coefficient (Wildman–Crippen LogP) is 3.61. The van der Waals surface area contributed by atoms with Crippen LogP contribution in [0.5, 0.6) is 0 Å². The van der Waals surface area contributed by atoms with Gasteiger partial charge in [0.1, 0.15) is 0 Å². The van der Waals surface area contributed by atoms with Crippen LogP contribution in [0.2, 0.25) is 0 Å². The van der Waals surface area contributed by atoms with E-state index < -0.39 is 0 Å². The van der Waals surface area contributed by atoms with Crippen LogP contribution in [0.3, 0.4) is 0 Å². The molecule has 0 aliphatic carbocycles. The number of aryl methyl sites for hydroxylation is 2. The summed E-state index contributed by atoms with van der Waals surface area (Å²) in [5.41, 5.74) is 4.45. The summed E-state index contributed by atoms with van der Waals surface area (Å²) in [6.07, 6.45) is 7.41. The Bertz CT molecular complexity index is 878. The lowest BCUT2D eigenvalue weighted by atomic mass is 10.1. The molecule has 6 nitrogen and oxygen atoms in total. The molecule has 2 heterocycles. The third-order valence-electron chi connectivity index (χ3n) is 4.07. The van der Waals surface area contributed by atoms with Crippen LogP contribution in [0.15, 0.2) is 55.1 Å². The zero-order valence-electron chi connectivity index (χ0n) is 14.9. The third kappa shape index (κ3) is 4.22. The van der Waals surface area contributed by atoms with E-state index in [2.05, 4.69) is 32.5 Å². The zero-order valence-corrected chi connectivity index (χ0v) is 14.9. The molecule has 0 spiro atoms. The fraction of sp³-hybridized carbons (Fsp3) is 0.200. The summed E-state index contributed by atoms with van der Waals surface area (Å²) in [6.45, 7) is 4.62. The van der Waals surface area contributed by atoms with Crippen LogP contribution in [0.4, 0.5) is 11.6 Å². The predicted molar refractivity (Wildman–Crippen MR) is 102 cm³/mol. The molecule has 3 aromatic rings. The highest BCUT2D eigenvalue weighted by atomic mass is 16.1. The molecule has 0 aliphatic rings. The molecule has 0 bridgehead atoms. The van der Waals surface area contributed by atoms with Gasteiger partial charge < -0.3 is 10.6 Å². The highest BCUT2D eigenvalue weighted by Crippen LogP contribution is 2.21. The van der Waals surface area contributed by atoms with E-state index in [4.69, 9.17) is 0 Å². The minimum atomic E-state index is -0.215. The van der Waals surface area contributed by atoms with Crippen LogP contribution in [-0.4, -0.2) is 20.9 Å². The van der Waals surface area contributed by atoms with Crippen LogP contribution in [0, 0.1) is 6.92 Å². The van der Waals surface area contributed by atoms with Gasteiger partial charge in [0, 0.05) is 37.0 Å². The molecule has 2 N–H and O–H groups in total. The molecule has 0 atom stereocenters. The van der Waals surface area contributed by atoms with Crippen molar-refractivity contribution in [3.05, 3.63) is 77.4 Å². The van der Waals surface area contributed by atoms with Gasteiger partial charge in [-0.05, 0) is 36.1 Å². The number of pyridine rings is 1. The Labute approximate surface area is 152 Å². The lowest BCUT2D eigenvalue weighted by Crippen LogP contribution is -2.15. The smallest absolute Gasteiger partial charge is 0.258 e. The lowest BCUT2D eigenvalue weighted by Gasteiger charge is -2.13. The SMILES string of the molecule is CCc1cccc(C)c1NC(=O)c1cnc(NCc2cccnc2)nc1. The third-order valence-corrected chi connectivity index (χ3v) is 4.07. The molecule has 0 unspecified atom stereocenters. The second kappa shape index (κ2) is 8.20. The van der Waals surface area contributed by atoms with Gasteiger partial charge in [0.05, 0.1) is 5.56 Å². The van der Waals surface area contributed by atoms with Crippen molar-refractivity contribution >= 4 is 17.5 Å². The average molecular weight is 347 g/mol. The topological polar surface area (TPSA) is 79.8 Å². The number of hydrogen-bond acceptors (Lipinski definition) is 5.